The molecule has 1 N–H and O–H groups in total. The lowest BCUT2D eigenvalue weighted by atomic mass is 9.73. The molecule has 6 nitrogen and oxygen atoms in total. The van der Waals surface area contributed by atoms with Crippen molar-refractivity contribution in [3.63, 3.8) is 0 Å². The number of rotatable bonds is 5. The Kier molecular flexibility index (Phi) is 4.13. The normalized spacial score (nSPS) is 37.0. The maximum atomic E-state index is 12.8. The Hall–Kier alpha value is -1.40. The number of imidazole rings is 1. The summed E-state index contributed by atoms with van der Waals surface area (Å²) in [6.07, 6.45) is 11.0. The van der Waals surface area contributed by atoms with E-state index in [1.165, 1.54) is 19.3 Å². The highest BCUT2D eigenvalue weighted by atomic mass is 16.5. The number of carbonyl (C=O) groups is 1. The van der Waals surface area contributed by atoms with E-state index in [1.807, 2.05) is 12.4 Å². The van der Waals surface area contributed by atoms with Crippen molar-refractivity contribution in [3.05, 3.63) is 18.2 Å². The van der Waals surface area contributed by atoms with Gasteiger partial charge in [-0.3, -0.25) is 9.69 Å². The van der Waals surface area contributed by atoms with Gasteiger partial charge in [0.1, 0.15) is 5.82 Å². The van der Waals surface area contributed by atoms with Gasteiger partial charge in [-0.15, -0.1) is 0 Å². The third-order valence-corrected chi connectivity index (χ3v) is 7.89. The first-order chi connectivity index (χ1) is 13.0. The molecule has 4 heterocycles. The molecule has 1 amide bonds. The summed E-state index contributed by atoms with van der Waals surface area (Å²) in [4.78, 5) is 19.7. The van der Waals surface area contributed by atoms with Gasteiger partial charge >= 0.3 is 0 Å². The molecule has 0 radical (unpaired) electrons. The molecule has 3 aliphatic heterocycles. The van der Waals surface area contributed by atoms with Crippen LogP contribution in [0.25, 0.3) is 0 Å². The Morgan fingerprint density at radius 1 is 1.37 bits per heavy atom. The van der Waals surface area contributed by atoms with Gasteiger partial charge < -0.3 is 14.6 Å². The summed E-state index contributed by atoms with van der Waals surface area (Å²) in [5.41, 5.74) is -0.126. The molecule has 3 saturated heterocycles. The molecule has 27 heavy (non-hydrogen) atoms. The molecule has 1 aliphatic carbocycles. The van der Waals surface area contributed by atoms with Crippen molar-refractivity contribution in [2.75, 3.05) is 19.6 Å². The third-order valence-electron chi connectivity index (χ3n) is 7.89. The minimum Gasteiger partial charge on any atom is -0.370 e. The number of fused-ring (bicyclic) bond motifs is 1. The molecule has 1 saturated carbocycles. The van der Waals surface area contributed by atoms with Crippen molar-refractivity contribution >= 4 is 5.91 Å². The summed E-state index contributed by atoms with van der Waals surface area (Å²) in [7, 11) is 2.06. The third kappa shape index (κ3) is 2.83. The average molecular weight is 373 g/mol. The average Bonchev–Trinajstić information content (AvgIpc) is 3.42. The number of hydrogen-bond acceptors (Lipinski definition) is 4. The van der Waals surface area contributed by atoms with Crippen LogP contribution >= 0.6 is 0 Å². The van der Waals surface area contributed by atoms with Crippen LogP contribution in [-0.4, -0.2) is 51.7 Å². The molecule has 0 aromatic carbocycles. The minimum atomic E-state index is -0.143. The predicted octanol–water partition coefficient (Wildman–Crippen LogP) is 2.10. The van der Waals surface area contributed by atoms with Gasteiger partial charge in [-0.05, 0) is 25.7 Å². The number of ether oxygens (including phenoxy) is 1. The van der Waals surface area contributed by atoms with Gasteiger partial charge in [-0.25, -0.2) is 4.98 Å². The number of nitrogens with one attached hydrogen (secondary N) is 1. The first kappa shape index (κ1) is 17.7. The van der Waals surface area contributed by atoms with Crippen LogP contribution in [0.2, 0.25) is 0 Å². The first-order valence-electron chi connectivity index (χ1n) is 10.6. The van der Waals surface area contributed by atoms with Gasteiger partial charge in [0, 0.05) is 56.3 Å². The summed E-state index contributed by atoms with van der Waals surface area (Å²) >= 11 is 0. The molecular weight excluding hydrogens is 340 g/mol. The molecule has 2 bridgehead atoms. The van der Waals surface area contributed by atoms with Crippen molar-refractivity contribution in [1.29, 1.82) is 0 Å². The smallest absolute Gasteiger partial charge is 0.225 e. The maximum absolute atomic E-state index is 12.8. The van der Waals surface area contributed by atoms with E-state index < -0.39 is 0 Å². The van der Waals surface area contributed by atoms with E-state index in [-0.39, 0.29) is 16.9 Å². The van der Waals surface area contributed by atoms with E-state index in [0.717, 1.165) is 51.3 Å². The zero-order valence-electron chi connectivity index (χ0n) is 16.6. The molecule has 0 unspecified atom stereocenters. The Morgan fingerprint density at radius 2 is 2.19 bits per heavy atom. The Morgan fingerprint density at radius 3 is 2.93 bits per heavy atom. The van der Waals surface area contributed by atoms with Gasteiger partial charge in [0.2, 0.25) is 5.91 Å². The Labute approximate surface area is 161 Å². The summed E-state index contributed by atoms with van der Waals surface area (Å²) in [5.74, 6) is 2.37. The van der Waals surface area contributed by atoms with Crippen LogP contribution in [-0.2, 0) is 23.1 Å². The molecule has 5 rings (SSSR count). The highest BCUT2D eigenvalue weighted by Crippen LogP contribution is 2.54. The van der Waals surface area contributed by atoms with Crippen LogP contribution in [0.3, 0.4) is 0 Å². The van der Waals surface area contributed by atoms with E-state index >= 15 is 0 Å². The van der Waals surface area contributed by atoms with Crippen molar-refractivity contribution in [2.24, 2.45) is 24.3 Å². The molecule has 1 aromatic rings. The molecule has 4 aliphatic rings. The van der Waals surface area contributed by atoms with Crippen LogP contribution < -0.4 is 5.32 Å². The van der Waals surface area contributed by atoms with Crippen LogP contribution in [0.5, 0.6) is 0 Å². The van der Waals surface area contributed by atoms with Crippen LogP contribution in [0.1, 0.15) is 51.3 Å². The van der Waals surface area contributed by atoms with Gasteiger partial charge in [-0.1, -0.05) is 19.8 Å². The zero-order valence-corrected chi connectivity index (χ0v) is 16.6. The fraction of sp³-hybridized carbons (Fsp3) is 0.810. The number of amides is 1. The summed E-state index contributed by atoms with van der Waals surface area (Å²) in [6.45, 7) is 5.86. The molecule has 1 spiro atoms. The number of nitrogens with zero attached hydrogens (tertiary/aromatic N) is 3. The molecule has 4 fully saturated rings. The maximum Gasteiger partial charge on any atom is 0.225 e. The van der Waals surface area contributed by atoms with Crippen LogP contribution in [0.4, 0.5) is 0 Å². The molecular formula is C21H32N4O2. The minimum absolute atomic E-state index is 0.0164. The van der Waals surface area contributed by atoms with Crippen molar-refractivity contribution in [3.8, 4) is 0 Å². The number of aryl methyl sites for hydroxylation is 1. The molecule has 6 heteroatoms. The molecule has 1 aromatic heterocycles. The number of aromatic nitrogens is 2. The predicted molar refractivity (Wildman–Crippen MR) is 102 cm³/mol. The molecule has 148 valence electrons. The molecule has 4 atom stereocenters. The second kappa shape index (κ2) is 6.31. The van der Waals surface area contributed by atoms with Gasteiger partial charge in [0.05, 0.1) is 18.2 Å². The lowest BCUT2D eigenvalue weighted by Crippen LogP contribution is -2.45. The van der Waals surface area contributed by atoms with Gasteiger partial charge in [0.15, 0.2) is 0 Å². The second-order valence-corrected chi connectivity index (χ2v) is 9.63. The van der Waals surface area contributed by atoms with E-state index in [1.54, 1.807) is 0 Å². The van der Waals surface area contributed by atoms with Crippen LogP contribution in [0.15, 0.2) is 12.4 Å². The number of carbonyl (C=O) groups excluding carboxylic acids is 1. The van der Waals surface area contributed by atoms with Gasteiger partial charge in [-0.2, -0.15) is 0 Å². The van der Waals surface area contributed by atoms with E-state index in [9.17, 15) is 4.79 Å². The highest BCUT2D eigenvalue weighted by Gasteiger charge is 2.62. The summed E-state index contributed by atoms with van der Waals surface area (Å²) in [6, 6.07) is 0. The quantitative estimate of drug-likeness (QED) is 0.860. The lowest BCUT2D eigenvalue weighted by molar-refractivity contribution is -0.130. The summed E-state index contributed by atoms with van der Waals surface area (Å²) < 4.78 is 8.64. The van der Waals surface area contributed by atoms with E-state index in [4.69, 9.17) is 4.74 Å². The first-order valence-corrected chi connectivity index (χ1v) is 10.6. The topological polar surface area (TPSA) is 59.4 Å². The number of likely N-dealkylation sites (tertiary alicyclic amines) is 1. The van der Waals surface area contributed by atoms with Crippen molar-refractivity contribution < 1.29 is 9.53 Å². The highest BCUT2D eigenvalue weighted by molar-refractivity contribution is 5.82. The largest absolute Gasteiger partial charge is 0.370 e. The van der Waals surface area contributed by atoms with E-state index in [2.05, 4.69) is 33.7 Å². The van der Waals surface area contributed by atoms with Crippen molar-refractivity contribution in [1.82, 2.24) is 19.8 Å². The standard InChI is InChI=1S/C21H32N4O2/c1-20(6-3-4-7-20)19(26)23-11-15-16-12-25(13-18-22-9-10-24(18)2)14-21(16)8-5-17(15)27-21/h9-10,15-17H,3-8,11-14H2,1-2H3,(H,23,26)/t15-,16+,17+,21+/m0/s1. The fourth-order valence-electron chi connectivity index (χ4n) is 6.24. The Bertz CT molecular complexity index is 726. The second-order valence-electron chi connectivity index (χ2n) is 9.63. The van der Waals surface area contributed by atoms with Crippen molar-refractivity contribution in [2.45, 2.75) is 63.7 Å². The fourth-order valence-corrected chi connectivity index (χ4v) is 6.24. The SMILES string of the molecule is Cn1ccnc1CN1C[C@@H]2[C@H](CNC(=O)C3(C)CCCC3)[C@H]3CC[C@]2(C1)O3. The monoisotopic (exact) mass is 372 g/mol. The number of hydrogen-bond donors (Lipinski definition) is 1. The van der Waals surface area contributed by atoms with E-state index in [0.29, 0.717) is 17.9 Å². The Balaban J connectivity index is 1.24. The lowest BCUT2D eigenvalue weighted by Gasteiger charge is -2.31. The zero-order chi connectivity index (χ0) is 18.6. The van der Waals surface area contributed by atoms with Gasteiger partial charge in [0.25, 0.3) is 0 Å². The van der Waals surface area contributed by atoms with Crippen LogP contribution in [0, 0.1) is 17.3 Å². The summed E-state index contributed by atoms with van der Waals surface area (Å²) in [5, 5.41) is 3.32.